The average Bonchev–Trinajstić information content (AvgIpc) is 3.16. The lowest BCUT2D eigenvalue weighted by Gasteiger charge is -2.32. The van der Waals surface area contributed by atoms with Crippen molar-refractivity contribution in [3.05, 3.63) is 47.8 Å². The quantitative estimate of drug-likeness (QED) is 0.586. The Kier molecular flexibility index (Phi) is 5.05. The zero-order valence-corrected chi connectivity index (χ0v) is 17.9. The molecule has 0 radical (unpaired) electrons. The van der Waals surface area contributed by atoms with Crippen molar-refractivity contribution < 1.29 is 27.2 Å². The van der Waals surface area contributed by atoms with Crippen LogP contribution in [-0.4, -0.2) is 40.2 Å². The number of nitrogens with zero attached hydrogens (tertiary/aromatic N) is 3. The van der Waals surface area contributed by atoms with Gasteiger partial charge >= 0.3 is 13.3 Å². The van der Waals surface area contributed by atoms with E-state index in [1.807, 2.05) is 27.7 Å². The predicted molar refractivity (Wildman–Crippen MR) is 110 cm³/mol. The summed E-state index contributed by atoms with van der Waals surface area (Å²) in [5, 5.41) is 3.75. The van der Waals surface area contributed by atoms with Crippen LogP contribution in [0.4, 0.5) is 13.2 Å². The second kappa shape index (κ2) is 7.24. The number of aromatic nitrogens is 3. The van der Waals surface area contributed by atoms with Gasteiger partial charge in [0, 0.05) is 11.7 Å². The number of pyridine rings is 1. The highest BCUT2D eigenvalue weighted by molar-refractivity contribution is 6.62. The first-order valence-electron chi connectivity index (χ1n) is 9.83. The molecule has 1 fully saturated rings. The normalized spacial score (nSPS) is 18.0. The van der Waals surface area contributed by atoms with Crippen molar-refractivity contribution in [2.24, 2.45) is 0 Å². The Balaban J connectivity index is 1.74. The number of benzene rings is 1. The molecular formula is C21H23BF3N3O3. The van der Waals surface area contributed by atoms with Crippen LogP contribution >= 0.6 is 0 Å². The van der Waals surface area contributed by atoms with E-state index in [2.05, 4.69) is 10.1 Å². The number of fused-ring (bicyclic) bond motifs is 1. The zero-order chi connectivity index (χ0) is 22.6. The van der Waals surface area contributed by atoms with Crippen LogP contribution in [0.3, 0.4) is 0 Å². The van der Waals surface area contributed by atoms with Crippen LogP contribution in [0, 0.1) is 0 Å². The van der Waals surface area contributed by atoms with E-state index in [1.54, 1.807) is 31.4 Å². The Bertz CT molecular complexity index is 1090. The van der Waals surface area contributed by atoms with Crippen molar-refractivity contribution in [1.29, 1.82) is 0 Å². The average molecular weight is 433 g/mol. The van der Waals surface area contributed by atoms with Gasteiger partial charge in [0.1, 0.15) is 5.75 Å². The number of alkyl halides is 3. The van der Waals surface area contributed by atoms with E-state index in [4.69, 9.17) is 14.0 Å². The molecular weight excluding hydrogens is 410 g/mol. The van der Waals surface area contributed by atoms with Gasteiger partial charge in [0.2, 0.25) is 0 Å². The van der Waals surface area contributed by atoms with Crippen LogP contribution < -0.4 is 10.2 Å². The predicted octanol–water partition coefficient (Wildman–Crippen LogP) is 3.81. The molecule has 6 nitrogen and oxygen atoms in total. The highest BCUT2D eigenvalue weighted by atomic mass is 19.4. The summed E-state index contributed by atoms with van der Waals surface area (Å²) in [6, 6.07) is 8.45. The van der Waals surface area contributed by atoms with Crippen molar-refractivity contribution >= 4 is 23.6 Å². The first-order chi connectivity index (χ1) is 14.4. The summed E-state index contributed by atoms with van der Waals surface area (Å²) in [7, 11) is 0.737. The molecule has 0 aliphatic carbocycles. The maximum Gasteiger partial charge on any atom is 0.496 e. The molecule has 2 aromatic heterocycles. The van der Waals surface area contributed by atoms with Crippen molar-refractivity contribution in [3.63, 3.8) is 0 Å². The fourth-order valence-electron chi connectivity index (χ4n) is 3.41. The molecule has 0 amide bonds. The molecule has 1 aliphatic heterocycles. The van der Waals surface area contributed by atoms with E-state index in [1.165, 1.54) is 16.9 Å². The molecule has 1 aromatic carbocycles. The summed E-state index contributed by atoms with van der Waals surface area (Å²) in [4.78, 5) is 4.30. The van der Waals surface area contributed by atoms with Gasteiger partial charge < -0.3 is 14.0 Å². The lowest BCUT2D eigenvalue weighted by molar-refractivity contribution is -0.140. The molecule has 3 aromatic rings. The Morgan fingerprint density at radius 1 is 1.06 bits per heavy atom. The van der Waals surface area contributed by atoms with E-state index >= 15 is 0 Å². The van der Waals surface area contributed by atoms with Crippen LogP contribution in [0.5, 0.6) is 5.75 Å². The monoisotopic (exact) mass is 433 g/mol. The maximum absolute atomic E-state index is 13.7. The van der Waals surface area contributed by atoms with Gasteiger partial charge in [-0.25, -0.2) is 9.67 Å². The van der Waals surface area contributed by atoms with E-state index < -0.39 is 30.2 Å². The standard InChI is InChI=1S/C21H23BF3N3O3/c1-19(2)20(3,4)31-22(30-19)14-10-16-17(21(23,24)25)27-28(18(16)26-11-14)12-13-6-8-15(29-5)9-7-13/h6-11H,12H2,1-5H3. The summed E-state index contributed by atoms with van der Waals surface area (Å²) < 4.78 is 59.5. The summed E-state index contributed by atoms with van der Waals surface area (Å²) >= 11 is 0. The summed E-state index contributed by atoms with van der Waals surface area (Å²) in [5.41, 5.74) is -0.877. The molecule has 0 saturated carbocycles. The van der Waals surface area contributed by atoms with Crippen LogP contribution in [0.1, 0.15) is 39.0 Å². The highest BCUT2D eigenvalue weighted by Gasteiger charge is 2.52. The zero-order valence-electron chi connectivity index (χ0n) is 17.9. The van der Waals surface area contributed by atoms with Gasteiger partial charge in [-0.15, -0.1) is 0 Å². The topological polar surface area (TPSA) is 58.4 Å². The lowest BCUT2D eigenvalue weighted by Crippen LogP contribution is -2.41. The molecule has 1 aliphatic rings. The van der Waals surface area contributed by atoms with Crippen LogP contribution in [0.2, 0.25) is 0 Å². The minimum absolute atomic E-state index is 0.0896. The smallest absolute Gasteiger partial charge is 0.496 e. The minimum atomic E-state index is -4.63. The summed E-state index contributed by atoms with van der Waals surface area (Å²) in [6.07, 6.45) is -3.14. The molecule has 10 heteroatoms. The minimum Gasteiger partial charge on any atom is -0.497 e. The second-order valence-corrected chi connectivity index (χ2v) is 8.58. The highest BCUT2D eigenvalue weighted by Crippen LogP contribution is 2.37. The van der Waals surface area contributed by atoms with Gasteiger partial charge in [-0.3, -0.25) is 0 Å². The SMILES string of the molecule is COc1ccc(Cn2nc(C(F)(F)F)c3cc(B4OC(C)(C)C(C)(C)O4)cnc32)cc1. The van der Waals surface area contributed by atoms with Gasteiger partial charge in [-0.05, 0) is 51.5 Å². The van der Waals surface area contributed by atoms with Gasteiger partial charge in [-0.2, -0.15) is 18.3 Å². The van der Waals surface area contributed by atoms with Gasteiger partial charge in [0.05, 0.1) is 30.2 Å². The maximum atomic E-state index is 13.7. The Morgan fingerprint density at radius 2 is 1.68 bits per heavy atom. The largest absolute Gasteiger partial charge is 0.497 e. The van der Waals surface area contributed by atoms with Crippen molar-refractivity contribution in [3.8, 4) is 5.75 Å². The van der Waals surface area contributed by atoms with Gasteiger partial charge in [0.15, 0.2) is 11.3 Å². The van der Waals surface area contributed by atoms with Gasteiger partial charge in [-0.1, -0.05) is 12.1 Å². The fraction of sp³-hybridized carbons (Fsp3) is 0.429. The molecule has 1 saturated heterocycles. The van der Waals surface area contributed by atoms with E-state index in [0.29, 0.717) is 11.2 Å². The number of rotatable bonds is 4. The van der Waals surface area contributed by atoms with Crippen molar-refractivity contribution in [1.82, 2.24) is 14.8 Å². The third-order valence-electron chi connectivity index (χ3n) is 5.89. The number of hydrogen-bond acceptors (Lipinski definition) is 5. The van der Waals surface area contributed by atoms with Crippen LogP contribution in [0.15, 0.2) is 36.5 Å². The Labute approximate surface area is 178 Å². The molecule has 31 heavy (non-hydrogen) atoms. The molecule has 0 spiro atoms. The van der Waals surface area contributed by atoms with E-state index in [0.717, 1.165) is 5.56 Å². The summed E-state index contributed by atoms with van der Waals surface area (Å²) in [6.45, 7) is 7.67. The third kappa shape index (κ3) is 3.90. The lowest BCUT2D eigenvalue weighted by atomic mass is 9.80. The van der Waals surface area contributed by atoms with Crippen LogP contribution in [0.25, 0.3) is 11.0 Å². The van der Waals surface area contributed by atoms with Crippen LogP contribution in [-0.2, 0) is 22.0 Å². The van der Waals surface area contributed by atoms with E-state index in [-0.39, 0.29) is 17.6 Å². The fourth-order valence-corrected chi connectivity index (χ4v) is 3.41. The molecule has 4 rings (SSSR count). The van der Waals surface area contributed by atoms with E-state index in [9.17, 15) is 13.2 Å². The number of ether oxygens (including phenoxy) is 1. The second-order valence-electron chi connectivity index (χ2n) is 8.58. The molecule has 3 heterocycles. The Morgan fingerprint density at radius 3 is 2.23 bits per heavy atom. The first-order valence-corrected chi connectivity index (χ1v) is 9.83. The molecule has 164 valence electrons. The Hall–Kier alpha value is -2.59. The number of hydrogen-bond donors (Lipinski definition) is 0. The summed E-state index contributed by atoms with van der Waals surface area (Å²) in [5.74, 6) is 0.662. The number of halogens is 3. The van der Waals surface area contributed by atoms with Crippen molar-refractivity contribution in [2.45, 2.75) is 51.6 Å². The third-order valence-corrected chi connectivity index (χ3v) is 5.89. The molecule has 0 unspecified atom stereocenters. The van der Waals surface area contributed by atoms with Crippen molar-refractivity contribution in [2.75, 3.05) is 7.11 Å². The van der Waals surface area contributed by atoms with Gasteiger partial charge in [0.25, 0.3) is 0 Å². The molecule has 0 bridgehead atoms. The first kappa shape index (κ1) is 21.6. The molecule has 0 N–H and O–H groups in total. The molecule has 0 atom stereocenters. The number of methoxy groups -OCH3 is 1.